The molecule has 1 aromatic rings. The third-order valence-corrected chi connectivity index (χ3v) is 2.14. The van der Waals surface area contributed by atoms with E-state index in [1.807, 2.05) is 0 Å². The summed E-state index contributed by atoms with van der Waals surface area (Å²) in [6.07, 6.45) is -4.40. The van der Waals surface area contributed by atoms with Crippen LogP contribution in [-0.4, -0.2) is 32.9 Å². The van der Waals surface area contributed by atoms with Gasteiger partial charge in [0, 0.05) is 1.43 Å². The van der Waals surface area contributed by atoms with Crippen LogP contribution in [0.2, 0.25) is 5.15 Å². The summed E-state index contributed by atoms with van der Waals surface area (Å²) in [6, 6.07) is 2.29. The summed E-state index contributed by atoms with van der Waals surface area (Å²) in [5, 5.41) is -0.463. The molecular weight excluding hydrogens is 202 g/mol. The van der Waals surface area contributed by atoms with E-state index in [1.165, 1.54) is 6.07 Å². The molecule has 0 bridgehead atoms. The van der Waals surface area contributed by atoms with Gasteiger partial charge in [-0.2, -0.15) is 0 Å². The zero-order valence-electron chi connectivity index (χ0n) is 6.11. The molecule has 0 spiro atoms. The van der Waals surface area contributed by atoms with Crippen molar-refractivity contribution in [1.82, 2.24) is 4.98 Å². The molecule has 1 heterocycles. The van der Waals surface area contributed by atoms with Gasteiger partial charge in [0.1, 0.15) is 0 Å². The first kappa shape index (κ1) is 10.3. The van der Waals surface area contributed by atoms with Crippen molar-refractivity contribution in [1.29, 1.82) is 0 Å². The van der Waals surface area contributed by atoms with Crippen LogP contribution in [0.4, 0.5) is 13.2 Å². The minimum atomic E-state index is -4.40. The SMILES string of the molecule is FC(F)(F)c1cc[c]([Na])nc1Cl.[HH]. The maximum atomic E-state index is 12.1. The second kappa shape index (κ2) is 3.54. The molecule has 0 aromatic carbocycles. The van der Waals surface area contributed by atoms with Crippen molar-refractivity contribution in [3.8, 4) is 0 Å². The molecule has 1 rings (SSSR count). The number of nitrogens with zero attached hydrogens (tertiary/aromatic N) is 1. The monoisotopic (exact) mass is 205 g/mol. The molecule has 1 aromatic heterocycles. The number of hydrogen-bond acceptors (Lipinski definition) is 1. The second-order valence-corrected chi connectivity index (χ2v) is 3.67. The fourth-order valence-electron chi connectivity index (χ4n) is 0.736. The van der Waals surface area contributed by atoms with Crippen LogP contribution in [0.1, 0.15) is 6.99 Å². The van der Waals surface area contributed by atoms with E-state index < -0.39 is 16.9 Å². The van der Waals surface area contributed by atoms with Gasteiger partial charge in [-0.25, -0.2) is 0 Å². The van der Waals surface area contributed by atoms with Crippen LogP contribution in [0.15, 0.2) is 12.1 Å². The van der Waals surface area contributed by atoms with E-state index in [-0.39, 0.29) is 1.43 Å². The Morgan fingerprint density at radius 2 is 2.00 bits per heavy atom. The molecule has 0 radical (unpaired) electrons. The number of halogens is 4. The van der Waals surface area contributed by atoms with Gasteiger partial charge in [-0.1, -0.05) is 0 Å². The van der Waals surface area contributed by atoms with E-state index in [1.54, 1.807) is 0 Å². The zero-order chi connectivity index (χ0) is 9.35. The molecule has 1 nitrogen and oxygen atoms in total. The van der Waals surface area contributed by atoms with E-state index in [2.05, 4.69) is 4.98 Å². The summed E-state index contributed by atoms with van der Waals surface area (Å²) in [6.45, 7) is 0. The van der Waals surface area contributed by atoms with Crippen LogP contribution in [0.3, 0.4) is 0 Å². The molecule has 0 aliphatic heterocycles. The predicted octanol–water partition coefficient (Wildman–Crippen LogP) is 1.79. The topological polar surface area (TPSA) is 12.9 Å². The van der Waals surface area contributed by atoms with Crippen molar-refractivity contribution in [2.45, 2.75) is 6.18 Å². The maximum absolute atomic E-state index is 12.1. The molecule has 0 N–H and O–H groups in total. The molecule has 0 aliphatic carbocycles. The van der Waals surface area contributed by atoms with Crippen LogP contribution in [0.25, 0.3) is 0 Å². The van der Waals surface area contributed by atoms with Crippen molar-refractivity contribution in [3.05, 3.63) is 22.8 Å². The van der Waals surface area contributed by atoms with Gasteiger partial charge in [0.2, 0.25) is 0 Å². The molecule has 0 fully saturated rings. The van der Waals surface area contributed by atoms with Gasteiger partial charge in [-0.05, 0) is 0 Å². The van der Waals surface area contributed by atoms with Crippen LogP contribution >= 0.6 is 11.6 Å². The molecule has 6 heteroatoms. The van der Waals surface area contributed by atoms with Gasteiger partial charge in [0.25, 0.3) is 0 Å². The van der Waals surface area contributed by atoms with E-state index in [0.29, 0.717) is 30.9 Å². The largest absolute Gasteiger partial charge is 0 e. The van der Waals surface area contributed by atoms with E-state index in [9.17, 15) is 13.2 Å². The molecule has 12 heavy (non-hydrogen) atoms. The zero-order valence-corrected chi connectivity index (χ0v) is 8.87. The fourth-order valence-corrected chi connectivity index (χ4v) is 1.57. The number of aromatic nitrogens is 1. The van der Waals surface area contributed by atoms with Gasteiger partial charge in [0.05, 0.1) is 0 Å². The number of hydrogen-bond donors (Lipinski definition) is 0. The number of rotatable bonds is 0. The molecule has 0 saturated carbocycles. The average molecular weight is 206 g/mol. The van der Waals surface area contributed by atoms with Gasteiger partial charge in [-0.15, -0.1) is 0 Å². The Morgan fingerprint density at radius 1 is 1.42 bits per heavy atom. The Morgan fingerprint density at radius 3 is 2.42 bits per heavy atom. The Kier molecular flexibility index (Phi) is 3.04. The molecule has 0 saturated heterocycles. The van der Waals surface area contributed by atoms with Gasteiger partial charge >= 0.3 is 89.7 Å². The fraction of sp³-hybridized carbons (Fsp3) is 0.167. The number of pyridine rings is 1. The molecule has 0 unspecified atom stereocenters. The quantitative estimate of drug-likeness (QED) is 0.465. The van der Waals surface area contributed by atoms with E-state index >= 15 is 0 Å². The minimum Gasteiger partial charge on any atom is 0 e. The van der Waals surface area contributed by atoms with Crippen molar-refractivity contribution in [2.24, 2.45) is 0 Å². The first-order chi connectivity index (χ1) is 5.41. The summed E-state index contributed by atoms with van der Waals surface area (Å²) < 4.78 is 36.8. The Hall–Kier alpha value is 0.230. The molecule has 0 aliphatic rings. The first-order valence-electron chi connectivity index (χ1n) is 3.11. The molecule has 0 amide bonds. The van der Waals surface area contributed by atoms with E-state index in [0.717, 1.165) is 6.07 Å². The minimum absolute atomic E-state index is 0. The van der Waals surface area contributed by atoms with Crippen LogP contribution in [-0.2, 0) is 6.18 Å². The van der Waals surface area contributed by atoms with Crippen molar-refractivity contribution in [2.75, 3.05) is 0 Å². The van der Waals surface area contributed by atoms with Crippen molar-refractivity contribution in [3.63, 3.8) is 0 Å². The van der Waals surface area contributed by atoms with Crippen molar-refractivity contribution >= 4 is 42.5 Å². The van der Waals surface area contributed by atoms with Crippen LogP contribution in [0.5, 0.6) is 0 Å². The van der Waals surface area contributed by atoms with Crippen LogP contribution < -0.4 is 2.94 Å². The Balaban J connectivity index is 0.00000144. The third-order valence-electron chi connectivity index (χ3n) is 1.29. The standard InChI is InChI=1S/C6H2ClF3N.Na.H2/c7-5-4(6(8,9)10)2-1-3-11-5;;/h1-2H;;1H. The second-order valence-electron chi connectivity index (χ2n) is 2.29. The molecule has 62 valence electrons. The van der Waals surface area contributed by atoms with Crippen molar-refractivity contribution < 1.29 is 14.6 Å². The van der Waals surface area contributed by atoms with Gasteiger partial charge < -0.3 is 0 Å². The van der Waals surface area contributed by atoms with Crippen LogP contribution in [0, 0.1) is 0 Å². The summed E-state index contributed by atoms with van der Waals surface area (Å²) in [4.78, 5) is 3.55. The Labute approximate surface area is 90.8 Å². The summed E-state index contributed by atoms with van der Waals surface area (Å²) >= 11 is 5.90. The van der Waals surface area contributed by atoms with E-state index in [4.69, 9.17) is 11.6 Å². The molecule has 0 atom stereocenters. The third kappa shape index (κ3) is 2.36. The maximum Gasteiger partial charge on any atom is 0 e. The summed E-state index contributed by atoms with van der Waals surface area (Å²) in [5.41, 5.74) is -0.872. The number of alkyl halides is 3. The summed E-state index contributed by atoms with van der Waals surface area (Å²) in [7, 11) is 0. The van der Waals surface area contributed by atoms with Gasteiger partial charge in [0.15, 0.2) is 0 Å². The molecular formula is C6H4ClF3NNa. The first-order valence-corrected chi connectivity index (χ1v) is 4.49. The summed E-state index contributed by atoms with van der Waals surface area (Å²) in [5.74, 6) is 0. The Bertz CT molecular complexity index is 304. The normalized spacial score (nSPS) is 11.8. The van der Waals surface area contributed by atoms with Gasteiger partial charge in [-0.3, -0.25) is 0 Å². The predicted molar refractivity (Wildman–Crippen MR) is 41.8 cm³/mol. The average Bonchev–Trinajstić information content (AvgIpc) is 1.83. The smallest absolute Gasteiger partial charge is 0 e.